The molecule has 3 rings (SSSR count). The maximum Gasteiger partial charge on any atom is 0.315 e. The first-order chi connectivity index (χ1) is 12.0. The molecule has 0 bridgehead atoms. The minimum atomic E-state index is -0.271. The van der Waals surface area contributed by atoms with Gasteiger partial charge in [-0.1, -0.05) is 12.5 Å². The highest BCUT2D eigenvalue weighted by atomic mass is 19.1. The standard InChI is InChI=1S/C19H26FN3O2/c1-23(18(24)14-4-2-5-14)11-3-10-21-19(25)22-17-9-7-13-6-8-15(20)12-16(13)17/h6,8,12,14,17H,2-5,7,9-11H2,1H3,(H2,21,22,25)/t17-/m0/s1. The summed E-state index contributed by atoms with van der Waals surface area (Å²) < 4.78 is 13.4. The number of nitrogens with zero attached hydrogens (tertiary/aromatic N) is 1. The Bertz CT molecular complexity index is 646. The Morgan fingerprint density at radius 1 is 1.28 bits per heavy atom. The third kappa shape index (κ3) is 4.30. The molecule has 5 nitrogen and oxygen atoms in total. The van der Waals surface area contributed by atoms with Crippen LogP contribution in [0.2, 0.25) is 0 Å². The van der Waals surface area contributed by atoms with Crippen LogP contribution in [-0.4, -0.2) is 37.0 Å². The number of nitrogens with one attached hydrogen (secondary N) is 2. The molecule has 0 spiro atoms. The molecule has 6 heteroatoms. The van der Waals surface area contributed by atoms with Crippen LogP contribution in [0.5, 0.6) is 0 Å². The number of halogens is 1. The molecule has 136 valence electrons. The van der Waals surface area contributed by atoms with E-state index in [2.05, 4.69) is 10.6 Å². The Kier molecular flexibility index (Phi) is 5.56. The summed E-state index contributed by atoms with van der Waals surface area (Å²) in [5, 5.41) is 5.74. The lowest BCUT2D eigenvalue weighted by molar-refractivity contribution is -0.136. The molecule has 0 aromatic heterocycles. The summed E-state index contributed by atoms with van der Waals surface area (Å²) in [7, 11) is 1.82. The number of carbonyl (C=O) groups excluding carboxylic acids is 2. The van der Waals surface area contributed by atoms with E-state index in [4.69, 9.17) is 0 Å². The van der Waals surface area contributed by atoms with Crippen molar-refractivity contribution in [3.05, 3.63) is 35.1 Å². The van der Waals surface area contributed by atoms with Gasteiger partial charge >= 0.3 is 6.03 Å². The molecular formula is C19H26FN3O2. The predicted octanol–water partition coefficient (Wildman–Crippen LogP) is 2.76. The minimum absolute atomic E-state index is 0.131. The summed E-state index contributed by atoms with van der Waals surface area (Å²) in [4.78, 5) is 25.8. The smallest absolute Gasteiger partial charge is 0.315 e. The van der Waals surface area contributed by atoms with Crippen LogP contribution in [0.25, 0.3) is 0 Å². The van der Waals surface area contributed by atoms with Gasteiger partial charge in [-0.2, -0.15) is 0 Å². The molecule has 0 saturated heterocycles. The van der Waals surface area contributed by atoms with Gasteiger partial charge in [0.15, 0.2) is 0 Å². The third-order valence-electron chi connectivity index (χ3n) is 5.28. The number of fused-ring (bicyclic) bond motifs is 1. The van der Waals surface area contributed by atoms with Crippen LogP contribution in [0.15, 0.2) is 18.2 Å². The Morgan fingerprint density at radius 3 is 2.80 bits per heavy atom. The minimum Gasteiger partial charge on any atom is -0.345 e. The van der Waals surface area contributed by atoms with Crippen molar-refractivity contribution in [2.75, 3.05) is 20.1 Å². The molecule has 2 aliphatic rings. The van der Waals surface area contributed by atoms with Gasteiger partial charge in [0, 0.05) is 26.1 Å². The molecule has 1 fully saturated rings. The zero-order valence-electron chi connectivity index (χ0n) is 14.7. The first kappa shape index (κ1) is 17.7. The number of carbonyl (C=O) groups is 2. The maximum atomic E-state index is 13.4. The average Bonchev–Trinajstić information content (AvgIpc) is 2.91. The van der Waals surface area contributed by atoms with Gasteiger partial charge in [0.25, 0.3) is 0 Å². The quantitative estimate of drug-likeness (QED) is 0.778. The van der Waals surface area contributed by atoms with Gasteiger partial charge in [-0.05, 0) is 55.4 Å². The van der Waals surface area contributed by atoms with Crippen LogP contribution in [0.1, 0.15) is 49.3 Å². The summed E-state index contributed by atoms with van der Waals surface area (Å²) >= 11 is 0. The maximum absolute atomic E-state index is 13.4. The molecule has 0 heterocycles. The van der Waals surface area contributed by atoms with Crippen LogP contribution < -0.4 is 10.6 Å². The van der Waals surface area contributed by atoms with Crippen LogP contribution in [0.3, 0.4) is 0 Å². The highest BCUT2D eigenvalue weighted by Gasteiger charge is 2.27. The van der Waals surface area contributed by atoms with Gasteiger partial charge in [0.2, 0.25) is 5.91 Å². The highest BCUT2D eigenvalue weighted by Crippen LogP contribution is 2.31. The van der Waals surface area contributed by atoms with Crippen LogP contribution >= 0.6 is 0 Å². The topological polar surface area (TPSA) is 61.4 Å². The van der Waals surface area contributed by atoms with Crippen molar-refractivity contribution in [1.29, 1.82) is 0 Å². The summed E-state index contributed by atoms with van der Waals surface area (Å²) in [6, 6.07) is 4.39. The molecule has 0 aliphatic heterocycles. The molecule has 1 atom stereocenters. The molecule has 2 aliphatic carbocycles. The van der Waals surface area contributed by atoms with Crippen LogP contribution in [0.4, 0.5) is 9.18 Å². The van der Waals surface area contributed by atoms with Gasteiger partial charge in [0.1, 0.15) is 5.82 Å². The van der Waals surface area contributed by atoms with Gasteiger partial charge in [0.05, 0.1) is 6.04 Å². The van der Waals surface area contributed by atoms with Crippen molar-refractivity contribution >= 4 is 11.9 Å². The van der Waals surface area contributed by atoms with Crippen molar-refractivity contribution in [2.24, 2.45) is 5.92 Å². The number of hydrogen-bond acceptors (Lipinski definition) is 2. The van der Waals surface area contributed by atoms with Gasteiger partial charge in [-0.3, -0.25) is 4.79 Å². The van der Waals surface area contributed by atoms with Crippen molar-refractivity contribution in [1.82, 2.24) is 15.5 Å². The molecule has 1 aromatic carbocycles. The Labute approximate surface area is 148 Å². The zero-order chi connectivity index (χ0) is 17.8. The fourth-order valence-electron chi connectivity index (χ4n) is 3.53. The molecule has 25 heavy (non-hydrogen) atoms. The SMILES string of the molecule is CN(CCCNC(=O)N[C@H]1CCc2ccc(F)cc21)C(=O)C1CCC1. The fourth-order valence-corrected chi connectivity index (χ4v) is 3.53. The Morgan fingerprint density at radius 2 is 2.08 bits per heavy atom. The molecule has 3 amide bonds. The Balaban J connectivity index is 1.36. The first-order valence-electron chi connectivity index (χ1n) is 9.12. The van der Waals surface area contributed by atoms with E-state index in [1.54, 1.807) is 11.0 Å². The largest absolute Gasteiger partial charge is 0.345 e. The second-order valence-corrected chi connectivity index (χ2v) is 7.08. The molecular weight excluding hydrogens is 321 g/mol. The van der Waals surface area contributed by atoms with E-state index in [1.807, 2.05) is 7.05 Å². The fraction of sp³-hybridized carbons (Fsp3) is 0.579. The molecule has 0 unspecified atom stereocenters. The van der Waals surface area contributed by atoms with Crippen molar-refractivity contribution < 1.29 is 14.0 Å². The van der Waals surface area contributed by atoms with Crippen LogP contribution in [-0.2, 0) is 11.2 Å². The van der Waals surface area contributed by atoms with E-state index in [0.717, 1.165) is 49.7 Å². The number of rotatable bonds is 6. The number of urea groups is 1. The lowest BCUT2D eigenvalue weighted by Crippen LogP contribution is -2.40. The van der Waals surface area contributed by atoms with Crippen molar-refractivity contribution in [3.63, 3.8) is 0 Å². The number of hydrogen-bond donors (Lipinski definition) is 2. The molecule has 2 N–H and O–H groups in total. The number of aryl methyl sites for hydroxylation is 1. The van der Waals surface area contributed by atoms with E-state index in [9.17, 15) is 14.0 Å². The van der Waals surface area contributed by atoms with Gasteiger partial charge in [-0.15, -0.1) is 0 Å². The number of benzene rings is 1. The molecule has 1 aromatic rings. The summed E-state index contributed by atoms with van der Waals surface area (Å²) in [6.45, 7) is 1.16. The van der Waals surface area contributed by atoms with E-state index in [0.29, 0.717) is 13.1 Å². The summed E-state index contributed by atoms with van der Waals surface area (Å²) in [5.74, 6) is 0.163. The first-order valence-corrected chi connectivity index (χ1v) is 9.12. The molecule has 1 saturated carbocycles. The Hall–Kier alpha value is -2.11. The lowest BCUT2D eigenvalue weighted by Gasteiger charge is -2.29. The van der Waals surface area contributed by atoms with Crippen LogP contribution in [0, 0.1) is 11.7 Å². The highest BCUT2D eigenvalue weighted by molar-refractivity contribution is 5.79. The van der Waals surface area contributed by atoms with Gasteiger partial charge in [-0.25, -0.2) is 9.18 Å². The van der Waals surface area contributed by atoms with Gasteiger partial charge < -0.3 is 15.5 Å². The second kappa shape index (κ2) is 7.85. The lowest BCUT2D eigenvalue weighted by atomic mass is 9.84. The van der Waals surface area contributed by atoms with Crippen molar-refractivity contribution in [2.45, 2.75) is 44.6 Å². The van der Waals surface area contributed by atoms with E-state index in [-0.39, 0.29) is 29.7 Å². The summed E-state index contributed by atoms with van der Waals surface area (Å²) in [5.41, 5.74) is 1.98. The van der Waals surface area contributed by atoms with E-state index < -0.39 is 0 Å². The summed E-state index contributed by atoms with van der Waals surface area (Å²) in [6.07, 6.45) is 5.54. The molecule has 0 radical (unpaired) electrons. The van der Waals surface area contributed by atoms with E-state index in [1.165, 1.54) is 12.1 Å². The van der Waals surface area contributed by atoms with E-state index >= 15 is 0 Å². The predicted molar refractivity (Wildman–Crippen MR) is 93.6 cm³/mol. The zero-order valence-corrected chi connectivity index (χ0v) is 14.7. The third-order valence-corrected chi connectivity index (χ3v) is 5.28. The monoisotopic (exact) mass is 347 g/mol. The second-order valence-electron chi connectivity index (χ2n) is 7.08. The van der Waals surface area contributed by atoms with Crippen molar-refractivity contribution in [3.8, 4) is 0 Å². The normalized spacial score (nSPS) is 19.0. The number of amides is 3. The average molecular weight is 347 g/mol.